The molecule has 0 aliphatic rings. The van der Waals surface area contributed by atoms with E-state index in [2.05, 4.69) is 0 Å². The monoisotopic (exact) mass is 288 g/mol. The van der Waals surface area contributed by atoms with E-state index in [1.807, 2.05) is 0 Å². The van der Waals surface area contributed by atoms with Gasteiger partial charge in [-0.25, -0.2) is 8.42 Å². The van der Waals surface area contributed by atoms with Crippen LogP contribution in [0, 0.1) is 0 Å². The van der Waals surface area contributed by atoms with Crippen molar-refractivity contribution in [2.45, 2.75) is 10.4 Å². The third-order valence-electron chi connectivity index (χ3n) is 2.64. The summed E-state index contributed by atoms with van der Waals surface area (Å²) < 4.78 is 60.6. The number of benzene rings is 2. The predicted octanol–water partition coefficient (Wildman–Crippen LogP) is 2.95. The maximum atomic E-state index is 12.6. The van der Waals surface area contributed by atoms with Crippen molar-refractivity contribution in [3.05, 3.63) is 42.0 Å². The first-order valence-electron chi connectivity index (χ1n) is 5.07. The Kier molecular flexibility index (Phi) is 3.09. The van der Waals surface area contributed by atoms with Crippen molar-refractivity contribution < 1.29 is 26.4 Å². The summed E-state index contributed by atoms with van der Waals surface area (Å²) in [4.78, 5) is 9.96. The molecule has 3 nitrogen and oxygen atoms in total. The van der Waals surface area contributed by atoms with Crippen LogP contribution in [-0.4, -0.2) is 20.2 Å². The van der Waals surface area contributed by atoms with Gasteiger partial charge in [0.15, 0.2) is 6.29 Å². The van der Waals surface area contributed by atoms with Crippen LogP contribution in [0.1, 0.15) is 10.4 Å². The van der Waals surface area contributed by atoms with Crippen molar-refractivity contribution in [1.29, 1.82) is 0 Å². The first kappa shape index (κ1) is 13.5. The Bertz CT molecular complexity index is 748. The maximum absolute atomic E-state index is 12.6. The van der Waals surface area contributed by atoms with E-state index in [9.17, 15) is 26.4 Å². The van der Waals surface area contributed by atoms with Crippen molar-refractivity contribution in [2.24, 2.45) is 0 Å². The van der Waals surface area contributed by atoms with Gasteiger partial charge in [0.25, 0.3) is 9.84 Å². The summed E-state index contributed by atoms with van der Waals surface area (Å²) in [5.41, 5.74) is -5.24. The lowest BCUT2D eigenvalue weighted by molar-refractivity contribution is -0.0435. The number of carbonyl (C=O) groups excluding carboxylic acids is 1. The standard InChI is InChI=1S/C12H7F3O3S/c13-12(14,15)19(17,18)11-6-5-8(7-16)9-3-1-2-4-10(9)11/h1-7H. The average Bonchev–Trinajstić information content (AvgIpc) is 2.36. The molecule has 0 atom stereocenters. The van der Waals surface area contributed by atoms with Crippen LogP contribution < -0.4 is 0 Å². The molecule has 0 aliphatic heterocycles. The van der Waals surface area contributed by atoms with Crippen molar-refractivity contribution in [3.8, 4) is 0 Å². The SMILES string of the molecule is O=Cc1ccc(S(=O)(=O)C(F)(F)F)c2ccccc12. The molecule has 0 bridgehead atoms. The molecule has 2 aromatic rings. The van der Waals surface area contributed by atoms with E-state index >= 15 is 0 Å². The van der Waals surface area contributed by atoms with Gasteiger partial charge < -0.3 is 0 Å². The summed E-state index contributed by atoms with van der Waals surface area (Å²) in [5, 5.41) is 0.0484. The Hall–Kier alpha value is -1.89. The van der Waals surface area contributed by atoms with Gasteiger partial charge in [0.2, 0.25) is 0 Å². The fourth-order valence-corrected chi connectivity index (χ4v) is 2.72. The lowest BCUT2D eigenvalue weighted by Gasteiger charge is -2.11. The largest absolute Gasteiger partial charge is 0.501 e. The topological polar surface area (TPSA) is 51.2 Å². The van der Waals surface area contributed by atoms with Gasteiger partial charge in [0.05, 0.1) is 4.90 Å². The molecule has 2 aromatic carbocycles. The highest BCUT2D eigenvalue weighted by Gasteiger charge is 2.47. The second-order valence-corrected chi connectivity index (χ2v) is 5.68. The Morgan fingerprint density at radius 2 is 1.53 bits per heavy atom. The molecular formula is C12H7F3O3S. The zero-order valence-electron chi connectivity index (χ0n) is 9.31. The molecule has 0 amide bonds. The number of fused-ring (bicyclic) bond motifs is 1. The van der Waals surface area contributed by atoms with Gasteiger partial charge in [-0.2, -0.15) is 13.2 Å². The first-order valence-corrected chi connectivity index (χ1v) is 6.55. The molecule has 0 saturated heterocycles. The van der Waals surface area contributed by atoms with Crippen LogP contribution in [0.2, 0.25) is 0 Å². The van der Waals surface area contributed by atoms with E-state index in [-0.39, 0.29) is 16.3 Å². The summed E-state index contributed by atoms with van der Waals surface area (Å²) >= 11 is 0. The predicted molar refractivity (Wildman–Crippen MR) is 62.6 cm³/mol. The fourth-order valence-electron chi connectivity index (χ4n) is 1.76. The quantitative estimate of drug-likeness (QED) is 0.798. The Morgan fingerprint density at radius 1 is 0.947 bits per heavy atom. The van der Waals surface area contributed by atoms with Gasteiger partial charge in [0, 0.05) is 10.9 Å². The molecular weight excluding hydrogens is 281 g/mol. The third kappa shape index (κ3) is 2.10. The molecule has 0 radical (unpaired) electrons. The van der Waals surface area contributed by atoms with Crippen LogP contribution in [0.3, 0.4) is 0 Å². The van der Waals surface area contributed by atoms with Gasteiger partial charge in [-0.3, -0.25) is 4.79 Å². The number of carbonyl (C=O) groups is 1. The van der Waals surface area contributed by atoms with Crippen molar-refractivity contribution in [3.63, 3.8) is 0 Å². The van der Waals surface area contributed by atoms with Crippen molar-refractivity contribution in [1.82, 2.24) is 0 Å². The van der Waals surface area contributed by atoms with E-state index in [1.165, 1.54) is 24.3 Å². The number of halogens is 3. The van der Waals surface area contributed by atoms with E-state index in [1.54, 1.807) is 0 Å². The minimum atomic E-state index is -5.44. The molecule has 0 saturated carbocycles. The normalized spacial score (nSPS) is 12.6. The lowest BCUT2D eigenvalue weighted by Crippen LogP contribution is -2.23. The Balaban J connectivity index is 2.89. The second kappa shape index (κ2) is 4.34. The number of aldehydes is 1. The lowest BCUT2D eigenvalue weighted by atomic mass is 10.1. The maximum Gasteiger partial charge on any atom is 0.501 e. The van der Waals surface area contributed by atoms with Crippen LogP contribution in [0.4, 0.5) is 13.2 Å². The summed E-state index contributed by atoms with van der Waals surface area (Å²) in [5.74, 6) is 0. The smallest absolute Gasteiger partial charge is 0.298 e. The van der Waals surface area contributed by atoms with Crippen LogP contribution in [0.5, 0.6) is 0 Å². The van der Waals surface area contributed by atoms with Crippen LogP contribution in [0.15, 0.2) is 41.3 Å². The number of hydrogen-bond acceptors (Lipinski definition) is 3. The number of sulfone groups is 1. The zero-order valence-corrected chi connectivity index (χ0v) is 10.1. The highest BCUT2D eigenvalue weighted by Crippen LogP contribution is 2.35. The number of rotatable bonds is 2. The molecule has 100 valence electrons. The number of hydrogen-bond donors (Lipinski definition) is 0. The van der Waals surface area contributed by atoms with Crippen LogP contribution >= 0.6 is 0 Å². The van der Waals surface area contributed by atoms with Crippen LogP contribution in [0.25, 0.3) is 10.8 Å². The molecule has 19 heavy (non-hydrogen) atoms. The minimum absolute atomic E-state index is 0.121. The van der Waals surface area contributed by atoms with Gasteiger partial charge >= 0.3 is 5.51 Å². The third-order valence-corrected chi connectivity index (χ3v) is 4.18. The summed E-state index contributed by atoms with van der Waals surface area (Å²) in [7, 11) is -5.44. The molecule has 2 rings (SSSR count). The average molecular weight is 288 g/mol. The molecule has 0 aliphatic carbocycles. The Morgan fingerprint density at radius 3 is 2.05 bits per heavy atom. The van der Waals surface area contributed by atoms with Crippen molar-refractivity contribution >= 4 is 26.9 Å². The van der Waals surface area contributed by atoms with E-state index in [0.717, 1.165) is 12.1 Å². The summed E-state index contributed by atoms with van der Waals surface area (Å²) in [6.07, 6.45) is 0.465. The highest BCUT2D eigenvalue weighted by atomic mass is 32.2. The Labute approximate surface area is 106 Å². The number of alkyl halides is 3. The molecule has 7 heteroatoms. The highest BCUT2D eigenvalue weighted by molar-refractivity contribution is 7.92. The molecule has 0 aromatic heterocycles. The molecule has 0 N–H and O–H groups in total. The molecule has 0 fully saturated rings. The molecule has 0 spiro atoms. The van der Waals surface area contributed by atoms with Gasteiger partial charge in [-0.15, -0.1) is 0 Å². The van der Waals surface area contributed by atoms with E-state index in [4.69, 9.17) is 0 Å². The van der Waals surface area contributed by atoms with Gasteiger partial charge in [-0.05, 0) is 17.5 Å². The van der Waals surface area contributed by atoms with Gasteiger partial charge in [-0.1, -0.05) is 24.3 Å². The van der Waals surface area contributed by atoms with E-state index in [0.29, 0.717) is 6.29 Å². The summed E-state index contributed by atoms with van der Waals surface area (Å²) in [6.45, 7) is 0. The minimum Gasteiger partial charge on any atom is -0.298 e. The fraction of sp³-hybridized carbons (Fsp3) is 0.0833. The summed E-state index contributed by atoms with van der Waals surface area (Å²) in [6, 6.07) is 7.42. The molecule has 0 unspecified atom stereocenters. The van der Waals surface area contributed by atoms with E-state index < -0.39 is 20.2 Å². The van der Waals surface area contributed by atoms with Crippen LogP contribution in [-0.2, 0) is 9.84 Å². The molecule has 0 heterocycles. The first-order chi connectivity index (χ1) is 8.79. The zero-order chi connectivity index (χ0) is 14.3. The van der Waals surface area contributed by atoms with Gasteiger partial charge in [0.1, 0.15) is 0 Å². The second-order valence-electron chi connectivity index (χ2n) is 3.77. The van der Waals surface area contributed by atoms with Crippen molar-refractivity contribution in [2.75, 3.05) is 0 Å².